The molecule has 1 aliphatic rings. The van der Waals surface area contributed by atoms with E-state index in [9.17, 15) is 9.59 Å². The molecule has 1 saturated heterocycles. The van der Waals surface area contributed by atoms with Gasteiger partial charge in [0.15, 0.2) is 0 Å². The van der Waals surface area contributed by atoms with Crippen LogP contribution in [0.1, 0.15) is 23.7 Å². The number of aromatic nitrogens is 1. The van der Waals surface area contributed by atoms with Gasteiger partial charge in [0.05, 0.1) is 16.0 Å². The first-order chi connectivity index (χ1) is 8.98. The number of halogens is 1. The Balaban J connectivity index is 2.16. The maximum atomic E-state index is 12.3. The van der Waals surface area contributed by atoms with Gasteiger partial charge < -0.3 is 10.2 Å². The van der Waals surface area contributed by atoms with Crippen molar-refractivity contribution in [1.29, 1.82) is 0 Å². The van der Waals surface area contributed by atoms with Gasteiger partial charge in [-0.05, 0) is 19.4 Å². The number of nitrogens with one attached hydrogen (secondary N) is 1. The summed E-state index contributed by atoms with van der Waals surface area (Å²) in [5.41, 5.74) is -0.0954. The molecule has 1 aromatic rings. The van der Waals surface area contributed by atoms with E-state index in [0.717, 1.165) is 0 Å². The molecule has 6 heteroatoms. The number of hydrogen-bond acceptors (Lipinski definition) is 3. The minimum Gasteiger partial charge on any atom is -0.359 e. The molecule has 0 radical (unpaired) electrons. The first kappa shape index (κ1) is 13.8. The quantitative estimate of drug-likeness (QED) is 0.890. The highest BCUT2D eigenvalue weighted by Gasteiger charge is 2.41. The van der Waals surface area contributed by atoms with Crippen molar-refractivity contribution >= 4 is 23.4 Å². The third kappa shape index (κ3) is 2.56. The van der Waals surface area contributed by atoms with Crippen LogP contribution in [0.3, 0.4) is 0 Å². The Morgan fingerprint density at radius 2 is 2.26 bits per heavy atom. The SMILES string of the molecule is CNC(=O)C1(C)CCN(C(=O)c2ccncc2Cl)C1. The zero-order valence-corrected chi connectivity index (χ0v) is 11.7. The average molecular weight is 282 g/mol. The number of likely N-dealkylation sites (tertiary alicyclic amines) is 1. The standard InChI is InChI=1S/C13H16ClN3O2/c1-13(12(19)15-2)4-6-17(8-13)11(18)9-3-5-16-7-10(9)14/h3,5,7H,4,6,8H2,1-2H3,(H,15,19). The van der Waals surface area contributed by atoms with Crippen molar-refractivity contribution in [3.05, 3.63) is 29.0 Å². The van der Waals surface area contributed by atoms with Crippen molar-refractivity contribution in [2.75, 3.05) is 20.1 Å². The van der Waals surface area contributed by atoms with E-state index in [0.29, 0.717) is 30.1 Å². The number of carbonyl (C=O) groups is 2. The van der Waals surface area contributed by atoms with Gasteiger partial charge in [-0.1, -0.05) is 11.6 Å². The normalized spacial score (nSPS) is 22.4. The van der Waals surface area contributed by atoms with Crippen molar-refractivity contribution in [1.82, 2.24) is 15.2 Å². The lowest BCUT2D eigenvalue weighted by Crippen LogP contribution is -2.40. The van der Waals surface area contributed by atoms with Crippen LogP contribution < -0.4 is 5.32 Å². The fraction of sp³-hybridized carbons (Fsp3) is 0.462. The molecule has 0 saturated carbocycles. The van der Waals surface area contributed by atoms with Crippen molar-refractivity contribution in [3.63, 3.8) is 0 Å². The van der Waals surface area contributed by atoms with Gasteiger partial charge in [-0.25, -0.2) is 0 Å². The maximum absolute atomic E-state index is 12.3. The topological polar surface area (TPSA) is 62.3 Å². The molecular formula is C13H16ClN3O2. The van der Waals surface area contributed by atoms with Crippen LogP contribution in [-0.2, 0) is 4.79 Å². The molecule has 19 heavy (non-hydrogen) atoms. The van der Waals surface area contributed by atoms with Gasteiger partial charge in [-0.3, -0.25) is 14.6 Å². The molecule has 102 valence electrons. The molecule has 2 rings (SSSR count). The van der Waals surface area contributed by atoms with Crippen molar-refractivity contribution in [2.24, 2.45) is 5.41 Å². The lowest BCUT2D eigenvalue weighted by atomic mass is 9.89. The molecule has 1 atom stereocenters. The summed E-state index contributed by atoms with van der Waals surface area (Å²) < 4.78 is 0. The second-order valence-corrected chi connectivity index (χ2v) is 5.38. The van der Waals surface area contributed by atoms with E-state index in [1.54, 1.807) is 18.0 Å². The molecule has 1 fully saturated rings. The Bertz CT molecular complexity index is 520. The molecule has 1 unspecified atom stereocenters. The van der Waals surface area contributed by atoms with Gasteiger partial charge in [0.25, 0.3) is 5.91 Å². The van der Waals surface area contributed by atoms with Crippen LogP contribution in [-0.4, -0.2) is 41.8 Å². The number of pyridine rings is 1. The lowest BCUT2D eigenvalue weighted by Gasteiger charge is -2.22. The summed E-state index contributed by atoms with van der Waals surface area (Å²) in [7, 11) is 1.61. The molecular weight excluding hydrogens is 266 g/mol. The number of rotatable bonds is 2. The van der Waals surface area contributed by atoms with Gasteiger partial charge >= 0.3 is 0 Å². The Morgan fingerprint density at radius 1 is 1.53 bits per heavy atom. The summed E-state index contributed by atoms with van der Waals surface area (Å²) in [6.45, 7) is 2.83. The molecule has 5 nitrogen and oxygen atoms in total. The third-order valence-electron chi connectivity index (χ3n) is 3.54. The summed E-state index contributed by atoms with van der Waals surface area (Å²) >= 11 is 5.97. The molecule has 0 bridgehead atoms. The first-order valence-corrected chi connectivity index (χ1v) is 6.47. The largest absolute Gasteiger partial charge is 0.359 e. The van der Waals surface area contributed by atoms with Crippen LogP contribution in [0.4, 0.5) is 0 Å². The third-order valence-corrected chi connectivity index (χ3v) is 3.84. The van der Waals surface area contributed by atoms with E-state index < -0.39 is 5.41 Å². The van der Waals surface area contributed by atoms with Crippen LogP contribution in [0, 0.1) is 5.41 Å². The number of carbonyl (C=O) groups excluding carboxylic acids is 2. The minimum absolute atomic E-state index is 0.0383. The van der Waals surface area contributed by atoms with E-state index in [1.807, 2.05) is 6.92 Å². The summed E-state index contributed by atoms with van der Waals surface area (Å²) in [5, 5.41) is 2.98. The average Bonchev–Trinajstić information content (AvgIpc) is 2.81. The molecule has 1 N–H and O–H groups in total. The monoisotopic (exact) mass is 281 g/mol. The molecule has 1 aliphatic heterocycles. The predicted octanol–water partition coefficient (Wildman–Crippen LogP) is 1.33. The molecule has 2 amide bonds. The smallest absolute Gasteiger partial charge is 0.255 e. The molecule has 1 aromatic heterocycles. The van der Waals surface area contributed by atoms with Gasteiger partial charge in [-0.15, -0.1) is 0 Å². The highest BCUT2D eigenvalue weighted by atomic mass is 35.5. The summed E-state index contributed by atoms with van der Waals surface area (Å²) in [4.78, 5) is 29.7. The minimum atomic E-state index is -0.524. The van der Waals surface area contributed by atoms with Crippen molar-refractivity contribution in [2.45, 2.75) is 13.3 Å². The van der Waals surface area contributed by atoms with E-state index >= 15 is 0 Å². The van der Waals surface area contributed by atoms with Crippen molar-refractivity contribution < 1.29 is 9.59 Å². The van der Waals surface area contributed by atoms with E-state index in [-0.39, 0.29) is 11.8 Å². The Morgan fingerprint density at radius 3 is 2.89 bits per heavy atom. The van der Waals surface area contributed by atoms with E-state index in [4.69, 9.17) is 11.6 Å². The Labute approximate surface area is 117 Å². The first-order valence-electron chi connectivity index (χ1n) is 6.09. The molecule has 2 heterocycles. The summed E-state index contributed by atoms with van der Waals surface area (Å²) in [6, 6.07) is 1.60. The highest BCUT2D eigenvalue weighted by Crippen LogP contribution is 2.31. The number of amides is 2. The van der Waals surface area contributed by atoms with Crippen LogP contribution >= 0.6 is 11.6 Å². The van der Waals surface area contributed by atoms with Crippen LogP contribution in [0.5, 0.6) is 0 Å². The van der Waals surface area contributed by atoms with E-state index in [2.05, 4.69) is 10.3 Å². The zero-order chi connectivity index (χ0) is 14.0. The molecule has 0 aliphatic carbocycles. The van der Waals surface area contributed by atoms with Crippen LogP contribution in [0.25, 0.3) is 0 Å². The van der Waals surface area contributed by atoms with Gasteiger partial charge in [-0.2, -0.15) is 0 Å². The van der Waals surface area contributed by atoms with E-state index in [1.165, 1.54) is 12.4 Å². The Kier molecular flexibility index (Phi) is 3.75. The van der Waals surface area contributed by atoms with Crippen LogP contribution in [0.2, 0.25) is 5.02 Å². The van der Waals surface area contributed by atoms with Gasteiger partial charge in [0, 0.05) is 32.5 Å². The fourth-order valence-electron chi connectivity index (χ4n) is 2.34. The number of hydrogen-bond donors (Lipinski definition) is 1. The highest BCUT2D eigenvalue weighted by molar-refractivity contribution is 6.33. The Hall–Kier alpha value is -1.62. The zero-order valence-electron chi connectivity index (χ0n) is 10.9. The van der Waals surface area contributed by atoms with Crippen molar-refractivity contribution in [3.8, 4) is 0 Å². The fourth-order valence-corrected chi connectivity index (χ4v) is 2.54. The summed E-state index contributed by atoms with van der Waals surface area (Å²) in [6.07, 6.45) is 3.64. The lowest BCUT2D eigenvalue weighted by molar-refractivity contribution is -0.128. The van der Waals surface area contributed by atoms with Gasteiger partial charge in [0.2, 0.25) is 5.91 Å². The molecule has 0 spiro atoms. The predicted molar refractivity (Wildman–Crippen MR) is 71.9 cm³/mol. The van der Waals surface area contributed by atoms with Gasteiger partial charge in [0.1, 0.15) is 0 Å². The second-order valence-electron chi connectivity index (χ2n) is 4.97. The second kappa shape index (κ2) is 5.17. The summed E-state index contributed by atoms with van der Waals surface area (Å²) in [5.74, 6) is -0.191. The molecule has 0 aromatic carbocycles. The number of nitrogens with zero attached hydrogens (tertiary/aromatic N) is 2. The maximum Gasteiger partial charge on any atom is 0.255 e. The van der Waals surface area contributed by atoms with Crippen LogP contribution in [0.15, 0.2) is 18.5 Å².